The molecule has 0 spiro atoms. The van der Waals surface area contributed by atoms with Crippen molar-refractivity contribution >= 4 is 46.6 Å². The third kappa shape index (κ3) is 11.2. The standard InChI is InChI=1S/C40H59N9O15/c1-20-11-15-48(26(52)10-13-41)17-24(20)47(3)34-22-12-16-49(35(22)44-19-43-34)40(58)46-23(37(57)60-5)9-7-8-14-42-36(56)33-32(59-4)29(54)30(55)39(64-33)63-31-27(45-21(2)51)38(61-6)62-25(18-50)28(31)53/h12,16,19-20,23-25,27-33,38-39,50,53-55H,7-11,14-15,17-18H2,1-6H3,(H,42,56)(H,45,51)(H,46,58)/t20-,23+,24?,25?,27?,28-,29?,30?,31?,32+,33?,38-,39-/m1/s1. The van der Waals surface area contributed by atoms with E-state index in [1.165, 1.54) is 45.3 Å². The lowest BCUT2D eigenvalue weighted by molar-refractivity contribution is -0.338. The molecule has 2 aromatic heterocycles. The van der Waals surface area contributed by atoms with E-state index in [0.29, 0.717) is 37.1 Å². The predicted molar refractivity (Wildman–Crippen MR) is 220 cm³/mol. The molecule has 0 radical (unpaired) electrons. The zero-order chi connectivity index (χ0) is 46.8. The van der Waals surface area contributed by atoms with Crippen LogP contribution in [0.3, 0.4) is 0 Å². The highest BCUT2D eigenvalue weighted by atomic mass is 16.7. The Morgan fingerprint density at radius 1 is 1.03 bits per heavy atom. The number of hydrogen-bond donors (Lipinski definition) is 7. The minimum absolute atomic E-state index is 0.0391. The number of nitriles is 1. The number of likely N-dealkylation sites (N-methyl/N-ethyl adjacent to an activating group) is 1. The number of anilines is 1. The summed E-state index contributed by atoms with van der Waals surface area (Å²) in [6, 6.07) is 0.542. The lowest BCUT2D eigenvalue weighted by atomic mass is 9.92. The Labute approximate surface area is 369 Å². The van der Waals surface area contributed by atoms with E-state index in [1.54, 1.807) is 11.0 Å². The van der Waals surface area contributed by atoms with Crippen LogP contribution in [0.4, 0.5) is 10.6 Å². The third-order valence-corrected chi connectivity index (χ3v) is 11.8. The molecule has 3 aliphatic rings. The zero-order valence-electron chi connectivity index (χ0n) is 36.6. The van der Waals surface area contributed by atoms with Crippen LogP contribution >= 0.6 is 0 Å². The van der Waals surface area contributed by atoms with E-state index in [1.807, 2.05) is 18.0 Å². The van der Waals surface area contributed by atoms with Gasteiger partial charge in [-0.15, -0.1) is 0 Å². The first-order valence-electron chi connectivity index (χ1n) is 20.9. The highest BCUT2D eigenvalue weighted by molar-refractivity contribution is 5.96. The molecule has 354 valence electrons. The number of aliphatic hydroxyl groups is 4. The van der Waals surface area contributed by atoms with Gasteiger partial charge in [0.15, 0.2) is 24.3 Å². The van der Waals surface area contributed by atoms with Gasteiger partial charge in [0.05, 0.1) is 31.2 Å². The summed E-state index contributed by atoms with van der Waals surface area (Å²) in [4.78, 5) is 77.0. The van der Waals surface area contributed by atoms with Gasteiger partial charge in [-0.05, 0) is 37.7 Å². The topological polar surface area (TPSA) is 319 Å². The van der Waals surface area contributed by atoms with E-state index in [9.17, 15) is 44.4 Å². The number of likely N-dealkylation sites (tertiary alicyclic amines) is 1. The van der Waals surface area contributed by atoms with E-state index in [0.717, 1.165) is 6.42 Å². The maximum atomic E-state index is 13.6. The van der Waals surface area contributed by atoms with Gasteiger partial charge in [-0.3, -0.25) is 19.0 Å². The summed E-state index contributed by atoms with van der Waals surface area (Å²) < 4.78 is 34.1. The second kappa shape index (κ2) is 22.7. The maximum absolute atomic E-state index is 13.6. The van der Waals surface area contributed by atoms with Crippen LogP contribution in [0.1, 0.15) is 46.0 Å². The van der Waals surface area contributed by atoms with Crippen LogP contribution < -0.4 is 20.9 Å². The number of aromatic nitrogens is 3. The summed E-state index contributed by atoms with van der Waals surface area (Å²) >= 11 is 0. The molecule has 24 heteroatoms. The van der Waals surface area contributed by atoms with Crippen molar-refractivity contribution in [3.63, 3.8) is 0 Å². The van der Waals surface area contributed by atoms with Gasteiger partial charge in [-0.25, -0.2) is 19.6 Å². The fourth-order valence-electron chi connectivity index (χ4n) is 8.29. The quantitative estimate of drug-likeness (QED) is 0.0636. The molecule has 4 amide bonds. The number of piperidine rings is 1. The Morgan fingerprint density at radius 2 is 1.78 bits per heavy atom. The van der Waals surface area contributed by atoms with Crippen LogP contribution in [0, 0.1) is 17.2 Å². The molecule has 5 heterocycles. The Hall–Kier alpha value is -5.10. The number of rotatable bonds is 17. The molecule has 0 aliphatic carbocycles. The van der Waals surface area contributed by atoms with Crippen LogP contribution in [-0.2, 0) is 47.6 Å². The molecule has 0 saturated carbocycles. The zero-order valence-corrected chi connectivity index (χ0v) is 36.6. The van der Waals surface area contributed by atoms with Crippen molar-refractivity contribution in [2.45, 2.75) is 119 Å². The van der Waals surface area contributed by atoms with Crippen molar-refractivity contribution in [2.75, 3.05) is 59.5 Å². The van der Waals surface area contributed by atoms with E-state index < -0.39 is 97.8 Å². The van der Waals surface area contributed by atoms with Crippen LogP contribution in [0.25, 0.3) is 11.0 Å². The highest BCUT2D eigenvalue weighted by Gasteiger charge is 2.53. The van der Waals surface area contributed by atoms with Gasteiger partial charge < -0.3 is 74.6 Å². The Bertz CT molecular complexity index is 1980. The van der Waals surface area contributed by atoms with Gasteiger partial charge in [0.25, 0.3) is 5.91 Å². The molecule has 2 aromatic rings. The Kier molecular flexibility index (Phi) is 17.7. The summed E-state index contributed by atoms with van der Waals surface area (Å²) in [5.74, 6) is -1.53. The first kappa shape index (κ1) is 49.9. The lowest BCUT2D eigenvalue weighted by Crippen LogP contribution is -2.68. The Morgan fingerprint density at radius 3 is 2.44 bits per heavy atom. The maximum Gasteiger partial charge on any atom is 0.328 e. The van der Waals surface area contributed by atoms with Crippen molar-refractivity contribution in [1.82, 2.24) is 35.4 Å². The van der Waals surface area contributed by atoms with Crippen molar-refractivity contribution in [2.24, 2.45) is 5.92 Å². The van der Waals surface area contributed by atoms with Crippen LogP contribution in [-0.4, -0.2) is 198 Å². The molecule has 7 unspecified atom stereocenters. The van der Waals surface area contributed by atoms with E-state index in [-0.39, 0.29) is 42.9 Å². The fourth-order valence-corrected chi connectivity index (χ4v) is 8.29. The first-order valence-corrected chi connectivity index (χ1v) is 20.9. The number of unbranched alkanes of at least 4 members (excludes halogenated alkanes) is 1. The first-order chi connectivity index (χ1) is 30.6. The summed E-state index contributed by atoms with van der Waals surface area (Å²) in [6.45, 7) is 3.61. The number of nitrogens with one attached hydrogen (secondary N) is 3. The van der Waals surface area contributed by atoms with Crippen molar-refractivity contribution in [1.29, 1.82) is 5.26 Å². The molecular formula is C40H59N9O15. The molecule has 3 fully saturated rings. The average molecular weight is 906 g/mol. The largest absolute Gasteiger partial charge is 0.467 e. The minimum atomic E-state index is -1.80. The second-order valence-electron chi connectivity index (χ2n) is 15.9. The third-order valence-electron chi connectivity index (χ3n) is 11.8. The second-order valence-corrected chi connectivity index (χ2v) is 15.9. The molecule has 3 aliphatic heterocycles. The summed E-state index contributed by atoms with van der Waals surface area (Å²) in [5, 5.41) is 60.2. The molecule has 24 nitrogen and oxygen atoms in total. The van der Waals surface area contributed by atoms with Crippen LogP contribution in [0.5, 0.6) is 0 Å². The monoisotopic (exact) mass is 905 g/mol. The molecule has 7 N–H and O–H groups in total. The molecule has 13 atom stereocenters. The number of carbonyl (C=O) groups excluding carboxylic acids is 5. The number of aliphatic hydroxyl groups excluding tert-OH is 4. The van der Waals surface area contributed by atoms with Gasteiger partial charge in [0.1, 0.15) is 67.3 Å². The molecule has 64 heavy (non-hydrogen) atoms. The van der Waals surface area contributed by atoms with Gasteiger partial charge in [-0.1, -0.05) is 6.92 Å². The number of carbonyl (C=O) groups is 5. The van der Waals surface area contributed by atoms with Crippen LogP contribution in [0.2, 0.25) is 0 Å². The fraction of sp³-hybridized carbons (Fsp3) is 0.700. The SMILES string of the molecule is COC(=O)[C@H](CCCCNC(=O)C1O[C@@H](OC2C(NC(C)=O)[C@H](OC)OC(CO)[C@H]2O)C(O)C(O)[C@@H]1OC)NC(=O)n1ccc2c(N(C)C3CN(C(=O)CC#N)CC[C@H]3C)ncnc21. The molecule has 0 bridgehead atoms. The van der Waals surface area contributed by atoms with Gasteiger partial charge in [-0.2, -0.15) is 5.26 Å². The predicted octanol–water partition coefficient (Wildman–Crippen LogP) is -2.52. The molecule has 0 aromatic carbocycles. The highest BCUT2D eigenvalue weighted by Crippen LogP contribution is 2.32. The van der Waals surface area contributed by atoms with Gasteiger partial charge in [0, 0.05) is 54.0 Å². The number of ether oxygens (including phenoxy) is 6. The smallest absolute Gasteiger partial charge is 0.328 e. The number of fused-ring (bicyclic) bond motifs is 1. The van der Waals surface area contributed by atoms with E-state index in [2.05, 4.69) is 32.8 Å². The molecule has 5 rings (SSSR count). The lowest BCUT2D eigenvalue weighted by Gasteiger charge is -2.47. The van der Waals surface area contributed by atoms with Crippen molar-refractivity contribution < 1.29 is 72.8 Å². The molecule has 3 saturated heterocycles. The summed E-state index contributed by atoms with van der Waals surface area (Å²) in [5.41, 5.74) is 0.274. The minimum Gasteiger partial charge on any atom is -0.467 e. The van der Waals surface area contributed by atoms with Crippen molar-refractivity contribution in [3.05, 3.63) is 18.6 Å². The average Bonchev–Trinajstić information content (AvgIpc) is 3.72. The van der Waals surface area contributed by atoms with Gasteiger partial charge in [0.2, 0.25) is 11.8 Å². The number of hydrogen-bond acceptors (Lipinski definition) is 19. The molecular weight excluding hydrogens is 846 g/mol. The number of amides is 4. The number of esters is 1. The summed E-state index contributed by atoms with van der Waals surface area (Å²) in [6.07, 6.45) is -9.53. The van der Waals surface area contributed by atoms with E-state index in [4.69, 9.17) is 33.7 Å². The normalized spacial score (nSPS) is 29.9. The number of nitrogens with zero attached hydrogens (tertiary/aromatic N) is 6. The summed E-state index contributed by atoms with van der Waals surface area (Å²) in [7, 11) is 5.51. The number of methoxy groups -OCH3 is 3. The van der Waals surface area contributed by atoms with Crippen molar-refractivity contribution in [3.8, 4) is 6.07 Å². The van der Waals surface area contributed by atoms with Crippen LogP contribution in [0.15, 0.2) is 18.6 Å². The Balaban J connectivity index is 1.19. The van der Waals surface area contributed by atoms with Gasteiger partial charge >= 0.3 is 12.0 Å². The van der Waals surface area contributed by atoms with E-state index >= 15 is 0 Å².